The average molecular weight is 624 g/mol. The summed E-state index contributed by atoms with van der Waals surface area (Å²) in [7, 11) is 1.70. The number of aryl methyl sites for hydroxylation is 1. The number of hydrogen-bond donors (Lipinski definition) is 4. The number of carbonyl (C=O) groups is 2. The van der Waals surface area contributed by atoms with Crippen LogP contribution in [0.15, 0.2) is 75.5 Å². The van der Waals surface area contributed by atoms with E-state index >= 15 is 0 Å². The summed E-state index contributed by atoms with van der Waals surface area (Å²) in [5, 5.41) is 34.1. The van der Waals surface area contributed by atoms with Crippen LogP contribution in [-0.4, -0.2) is 64.0 Å². The van der Waals surface area contributed by atoms with Crippen LogP contribution in [0.4, 0.5) is 11.7 Å². The van der Waals surface area contributed by atoms with Crippen LogP contribution in [0.25, 0.3) is 0 Å². The van der Waals surface area contributed by atoms with E-state index < -0.39 is 17.9 Å². The molecule has 2 aliphatic rings. The van der Waals surface area contributed by atoms with Gasteiger partial charge in [0.1, 0.15) is 5.75 Å². The van der Waals surface area contributed by atoms with Crippen LogP contribution in [0.1, 0.15) is 62.0 Å². The first-order valence-corrected chi connectivity index (χ1v) is 14.4. The molecule has 0 radical (unpaired) electrons. The van der Waals surface area contributed by atoms with Crippen molar-refractivity contribution >= 4 is 36.0 Å². The number of methoxy groups -OCH3 is 1. The van der Waals surface area contributed by atoms with Gasteiger partial charge in [-0.3, -0.25) is 0 Å². The number of ether oxygens (including phenoxy) is 1. The van der Waals surface area contributed by atoms with E-state index in [0.29, 0.717) is 40.9 Å². The third-order valence-electron chi connectivity index (χ3n) is 8.18. The molecule has 12 heteroatoms. The van der Waals surface area contributed by atoms with Gasteiger partial charge in [-0.15, -0.1) is 17.5 Å². The zero-order valence-corrected chi connectivity index (χ0v) is 25.8. The molecule has 4 N–H and O–H groups in total. The van der Waals surface area contributed by atoms with Gasteiger partial charge >= 0.3 is 18.0 Å². The SMILES string of the molecule is COc1cccc(C2CCN(CCCc3nnc(Nc4cccc(C5C(C(=O)O)=C(C)NC(C)=C5C(=O)O)c4)o3)CC2)c1.Cl. The second kappa shape index (κ2) is 14.4. The maximum absolute atomic E-state index is 12.1. The van der Waals surface area contributed by atoms with Gasteiger partial charge in [-0.2, -0.15) is 0 Å². The van der Waals surface area contributed by atoms with Gasteiger partial charge in [0.15, 0.2) is 0 Å². The summed E-state index contributed by atoms with van der Waals surface area (Å²) in [5.41, 5.74) is 3.23. The molecular formula is C32H38ClN5O6. The molecule has 3 heterocycles. The molecule has 1 fully saturated rings. The van der Waals surface area contributed by atoms with E-state index in [1.54, 1.807) is 45.2 Å². The Morgan fingerprint density at radius 2 is 1.66 bits per heavy atom. The first-order chi connectivity index (χ1) is 20.7. The maximum Gasteiger partial charge on any atom is 0.334 e. The Bertz CT molecular complexity index is 1520. The van der Waals surface area contributed by atoms with E-state index in [1.165, 1.54) is 5.56 Å². The highest BCUT2D eigenvalue weighted by Gasteiger charge is 2.36. The minimum atomic E-state index is -1.18. The van der Waals surface area contributed by atoms with E-state index in [-0.39, 0.29) is 29.6 Å². The van der Waals surface area contributed by atoms with Crippen molar-refractivity contribution in [1.29, 1.82) is 0 Å². The normalized spacial score (nSPS) is 16.3. The van der Waals surface area contributed by atoms with Crippen LogP contribution in [0.3, 0.4) is 0 Å². The summed E-state index contributed by atoms with van der Waals surface area (Å²) in [4.78, 5) is 26.7. The fraction of sp³-hybridized carbons (Fsp3) is 0.375. The Morgan fingerprint density at radius 3 is 2.32 bits per heavy atom. The van der Waals surface area contributed by atoms with E-state index in [1.807, 2.05) is 6.07 Å². The van der Waals surface area contributed by atoms with E-state index in [0.717, 1.165) is 44.6 Å². The Hall–Kier alpha value is -4.35. The molecule has 234 valence electrons. The number of nitrogens with zero attached hydrogens (tertiary/aromatic N) is 3. The van der Waals surface area contributed by atoms with Crippen LogP contribution in [-0.2, 0) is 16.0 Å². The van der Waals surface area contributed by atoms with Crippen molar-refractivity contribution in [2.75, 3.05) is 32.1 Å². The van der Waals surface area contributed by atoms with Crippen LogP contribution in [0.5, 0.6) is 5.75 Å². The Morgan fingerprint density at radius 1 is 1.00 bits per heavy atom. The minimum absolute atomic E-state index is 0. The van der Waals surface area contributed by atoms with Crippen LogP contribution in [0, 0.1) is 0 Å². The molecule has 0 atom stereocenters. The summed E-state index contributed by atoms with van der Waals surface area (Å²) in [6.45, 7) is 6.30. The second-order valence-corrected chi connectivity index (χ2v) is 11.0. The molecule has 44 heavy (non-hydrogen) atoms. The predicted octanol–water partition coefficient (Wildman–Crippen LogP) is 5.46. The number of benzene rings is 2. The van der Waals surface area contributed by atoms with Gasteiger partial charge in [0, 0.05) is 23.5 Å². The van der Waals surface area contributed by atoms with Crippen molar-refractivity contribution in [3.63, 3.8) is 0 Å². The molecule has 0 saturated carbocycles. The lowest BCUT2D eigenvalue weighted by molar-refractivity contribution is -0.133. The number of anilines is 2. The zero-order valence-electron chi connectivity index (χ0n) is 25.0. The molecule has 0 spiro atoms. The van der Waals surface area contributed by atoms with Gasteiger partial charge in [-0.1, -0.05) is 29.4 Å². The van der Waals surface area contributed by atoms with Gasteiger partial charge in [0.05, 0.1) is 24.2 Å². The summed E-state index contributed by atoms with van der Waals surface area (Å²) in [6, 6.07) is 15.5. The fourth-order valence-electron chi connectivity index (χ4n) is 6.06. The Balaban J connectivity index is 0.00000442. The summed E-state index contributed by atoms with van der Waals surface area (Å²) >= 11 is 0. The summed E-state index contributed by atoms with van der Waals surface area (Å²) < 4.78 is 11.2. The van der Waals surface area contributed by atoms with Crippen LogP contribution in [0.2, 0.25) is 0 Å². The highest BCUT2D eigenvalue weighted by atomic mass is 35.5. The van der Waals surface area contributed by atoms with E-state index in [9.17, 15) is 19.8 Å². The summed E-state index contributed by atoms with van der Waals surface area (Å²) in [6.07, 6.45) is 3.78. The molecule has 0 bridgehead atoms. The molecule has 5 rings (SSSR count). The first kappa shape index (κ1) is 32.6. The molecular weight excluding hydrogens is 586 g/mol. The largest absolute Gasteiger partial charge is 0.497 e. The Kier molecular flexibility index (Phi) is 10.7. The van der Waals surface area contributed by atoms with Crippen molar-refractivity contribution < 1.29 is 29.0 Å². The van der Waals surface area contributed by atoms with E-state index in [4.69, 9.17) is 9.15 Å². The molecule has 2 aromatic carbocycles. The predicted molar refractivity (Wildman–Crippen MR) is 168 cm³/mol. The number of nitrogens with one attached hydrogen (secondary N) is 2. The van der Waals surface area contributed by atoms with Gasteiger partial charge in [0.2, 0.25) is 5.89 Å². The van der Waals surface area contributed by atoms with Crippen LogP contribution < -0.4 is 15.4 Å². The molecule has 2 aliphatic heterocycles. The number of rotatable bonds is 11. The average Bonchev–Trinajstić information content (AvgIpc) is 3.43. The number of piperidine rings is 1. The minimum Gasteiger partial charge on any atom is -0.497 e. The van der Waals surface area contributed by atoms with Crippen molar-refractivity contribution in [1.82, 2.24) is 20.4 Å². The number of carboxylic acid groups (broad SMARTS) is 2. The lowest BCUT2D eigenvalue weighted by Crippen LogP contribution is -2.33. The van der Waals surface area contributed by atoms with Crippen LogP contribution >= 0.6 is 12.4 Å². The molecule has 0 amide bonds. The number of allylic oxidation sites excluding steroid dienone is 2. The molecule has 11 nitrogen and oxygen atoms in total. The highest BCUT2D eigenvalue weighted by molar-refractivity contribution is 5.98. The van der Waals surface area contributed by atoms with Gasteiger partial charge in [-0.25, -0.2) is 9.59 Å². The number of aliphatic carboxylic acids is 2. The van der Waals surface area contributed by atoms with E-state index in [2.05, 4.69) is 43.9 Å². The lowest BCUT2D eigenvalue weighted by atomic mass is 9.80. The standard InChI is InChI=1S/C32H37N5O6.ClH/c1-19-27(30(38)39)29(28(31(40)41)20(2)33-19)23-8-4-9-24(17-23)34-32-36-35-26(43-32)11-6-14-37-15-12-21(13-16-37)22-7-5-10-25(18-22)42-3;/h4-5,7-10,17-18,21,29,33H,6,11-16H2,1-3H3,(H,34,36)(H,38,39)(H,40,41);1H. The quantitative estimate of drug-likeness (QED) is 0.216. The number of dihydropyridines is 1. The van der Waals surface area contributed by atoms with Gasteiger partial charge < -0.3 is 34.9 Å². The van der Waals surface area contributed by atoms with Gasteiger partial charge in [-0.05, 0) is 94.1 Å². The van der Waals surface area contributed by atoms with Crippen molar-refractivity contribution in [3.05, 3.63) is 88.1 Å². The Labute approximate surface area is 262 Å². The number of aromatic nitrogens is 2. The van der Waals surface area contributed by atoms with Crippen molar-refractivity contribution in [3.8, 4) is 5.75 Å². The molecule has 3 aromatic rings. The molecule has 1 saturated heterocycles. The number of halogens is 1. The fourth-order valence-corrected chi connectivity index (χ4v) is 6.06. The highest BCUT2D eigenvalue weighted by Crippen LogP contribution is 2.39. The van der Waals surface area contributed by atoms with Crippen molar-refractivity contribution in [2.24, 2.45) is 0 Å². The maximum atomic E-state index is 12.1. The third-order valence-corrected chi connectivity index (χ3v) is 8.18. The topological polar surface area (TPSA) is 150 Å². The molecule has 1 aromatic heterocycles. The lowest BCUT2D eigenvalue weighted by Gasteiger charge is -2.32. The monoisotopic (exact) mass is 623 g/mol. The summed E-state index contributed by atoms with van der Waals surface area (Å²) in [5.74, 6) is -1.32. The number of hydrogen-bond acceptors (Lipinski definition) is 9. The zero-order chi connectivity index (χ0) is 30.5. The number of carboxylic acids is 2. The van der Waals surface area contributed by atoms with Gasteiger partial charge in [0.25, 0.3) is 0 Å². The third kappa shape index (κ3) is 7.40. The second-order valence-electron chi connectivity index (χ2n) is 11.0. The smallest absolute Gasteiger partial charge is 0.334 e. The number of likely N-dealkylation sites (tertiary alicyclic amines) is 1. The molecule has 0 unspecified atom stereocenters. The van der Waals surface area contributed by atoms with Crippen molar-refractivity contribution in [2.45, 2.75) is 51.4 Å². The molecule has 0 aliphatic carbocycles. The first-order valence-electron chi connectivity index (χ1n) is 14.4.